The molecular weight excluding hydrogens is 238 g/mol. The Labute approximate surface area is 98.9 Å². The first kappa shape index (κ1) is 11.6. The van der Waals surface area contributed by atoms with Crippen LogP contribution in [0.2, 0.25) is 0 Å². The van der Waals surface area contributed by atoms with Gasteiger partial charge in [-0.3, -0.25) is 4.79 Å². The molecule has 0 saturated carbocycles. The van der Waals surface area contributed by atoms with Gasteiger partial charge in [-0.2, -0.15) is 0 Å². The lowest BCUT2D eigenvalue weighted by molar-refractivity contribution is 0.594. The Hall–Kier alpha value is -1.88. The van der Waals surface area contributed by atoms with Crippen molar-refractivity contribution in [3.8, 4) is 0 Å². The molecule has 5 heteroatoms. The minimum Gasteiger partial charge on any atom is -0.328 e. The van der Waals surface area contributed by atoms with E-state index in [0.29, 0.717) is 0 Å². The van der Waals surface area contributed by atoms with Crippen LogP contribution in [0.25, 0.3) is 0 Å². The van der Waals surface area contributed by atoms with Crippen molar-refractivity contribution in [1.29, 1.82) is 0 Å². The summed E-state index contributed by atoms with van der Waals surface area (Å²) in [6.07, 6.45) is 1.40. The summed E-state index contributed by atoms with van der Waals surface area (Å²) in [5.74, 6) is 0. The van der Waals surface area contributed by atoms with Crippen molar-refractivity contribution in [2.75, 3.05) is 0 Å². The van der Waals surface area contributed by atoms with E-state index in [4.69, 9.17) is 0 Å². The number of hydrogen-bond acceptors (Lipinski definition) is 3. The summed E-state index contributed by atoms with van der Waals surface area (Å²) in [5, 5.41) is 0. The predicted molar refractivity (Wildman–Crippen MR) is 63.7 cm³/mol. The number of rotatable bonds is 2. The van der Waals surface area contributed by atoms with Gasteiger partial charge >= 0.3 is 0 Å². The molecule has 1 aromatic carbocycles. The summed E-state index contributed by atoms with van der Waals surface area (Å²) in [7, 11) is -3.73. The number of aromatic nitrogens is 1. The van der Waals surface area contributed by atoms with Crippen molar-refractivity contribution in [2.24, 2.45) is 0 Å². The Morgan fingerprint density at radius 2 is 1.71 bits per heavy atom. The van der Waals surface area contributed by atoms with Gasteiger partial charge in [0.2, 0.25) is 9.84 Å². The van der Waals surface area contributed by atoms with Gasteiger partial charge in [0.05, 0.1) is 4.90 Å². The standard InChI is InChI=1S/C12H11NO3S/c1-9-4-6-10(7-5-9)17(15,16)11-3-2-8-13-12(11)14/h2-8H,1H3,(H,13,14). The van der Waals surface area contributed by atoms with Crippen LogP contribution in [0, 0.1) is 6.92 Å². The lowest BCUT2D eigenvalue weighted by atomic mass is 10.2. The molecule has 1 N–H and O–H groups in total. The van der Waals surface area contributed by atoms with Gasteiger partial charge in [-0.05, 0) is 31.2 Å². The highest BCUT2D eigenvalue weighted by molar-refractivity contribution is 7.91. The molecule has 0 bridgehead atoms. The zero-order valence-corrected chi connectivity index (χ0v) is 9.99. The highest BCUT2D eigenvalue weighted by Gasteiger charge is 2.20. The minimum atomic E-state index is -3.73. The van der Waals surface area contributed by atoms with Crippen LogP contribution in [-0.2, 0) is 9.84 Å². The SMILES string of the molecule is Cc1ccc(S(=O)(=O)c2ccc[nH]c2=O)cc1. The van der Waals surface area contributed by atoms with E-state index in [2.05, 4.69) is 4.98 Å². The zero-order valence-electron chi connectivity index (χ0n) is 9.17. The van der Waals surface area contributed by atoms with Crippen LogP contribution in [0.15, 0.2) is 57.2 Å². The average Bonchev–Trinajstić information content (AvgIpc) is 2.30. The Morgan fingerprint density at radius 3 is 2.29 bits per heavy atom. The lowest BCUT2D eigenvalue weighted by Crippen LogP contribution is -2.16. The van der Waals surface area contributed by atoms with E-state index in [0.717, 1.165) is 5.56 Å². The van der Waals surface area contributed by atoms with Crippen molar-refractivity contribution in [2.45, 2.75) is 16.7 Å². The number of aryl methyl sites for hydroxylation is 1. The van der Waals surface area contributed by atoms with Gasteiger partial charge in [0, 0.05) is 6.20 Å². The van der Waals surface area contributed by atoms with Gasteiger partial charge < -0.3 is 4.98 Å². The van der Waals surface area contributed by atoms with Crippen LogP contribution in [-0.4, -0.2) is 13.4 Å². The van der Waals surface area contributed by atoms with Crippen LogP contribution in [0.5, 0.6) is 0 Å². The second kappa shape index (κ2) is 4.18. The third-order valence-corrected chi connectivity index (χ3v) is 4.20. The van der Waals surface area contributed by atoms with Gasteiger partial charge in [0.25, 0.3) is 5.56 Å². The van der Waals surface area contributed by atoms with E-state index in [-0.39, 0.29) is 9.79 Å². The molecule has 0 aliphatic rings. The van der Waals surface area contributed by atoms with Gasteiger partial charge in [0.1, 0.15) is 4.90 Å². The fourth-order valence-electron chi connectivity index (χ4n) is 1.46. The van der Waals surface area contributed by atoms with E-state index in [1.54, 1.807) is 12.1 Å². The second-order valence-electron chi connectivity index (χ2n) is 3.68. The smallest absolute Gasteiger partial charge is 0.267 e. The molecular formula is C12H11NO3S. The topological polar surface area (TPSA) is 67.0 Å². The molecule has 0 spiro atoms. The first-order chi connectivity index (χ1) is 8.01. The van der Waals surface area contributed by atoms with Gasteiger partial charge in [-0.1, -0.05) is 17.7 Å². The number of pyridine rings is 1. The van der Waals surface area contributed by atoms with Gasteiger partial charge in [0.15, 0.2) is 0 Å². The van der Waals surface area contributed by atoms with E-state index in [1.165, 1.54) is 30.5 Å². The fourth-order valence-corrected chi connectivity index (χ4v) is 2.77. The summed E-state index contributed by atoms with van der Waals surface area (Å²) in [4.78, 5) is 13.7. The number of sulfone groups is 1. The monoisotopic (exact) mass is 249 g/mol. The molecule has 0 radical (unpaired) electrons. The van der Waals surface area contributed by atoms with Gasteiger partial charge in [-0.15, -0.1) is 0 Å². The number of aromatic amines is 1. The Balaban J connectivity index is 2.62. The largest absolute Gasteiger partial charge is 0.328 e. The molecule has 0 unspecified atom stereocenters. The third-order valence-electron chi connectivity index (χ3n) is 2.40. The van der Waals surface area contributed by atoms with E-state index >= 15 is 0 Å². The summed E-state index contributed by atoms with van der Waals surface area (Å²) >= 11 is 0. The molecule has 0 aliphatic heterocycles. The highest BCUT2D eigenvalue weighted by atomic mass is 32.2. The quantitative estimate of drug-likeness (QED) is 0.877. The molecule has 0 atom stereocenters. The Kier molecular flexibility index (Phi) is 2.85. The predicted octanol–water partition coefficient (Wildman–Crippen LogP) is 1.52. The van der Waals surface area contributed by atoms with Crippen LogP contribution in [0.1, 0.15) is 5.56 Å². The zero-order chi connectivity index (χ0) is 12.5. The molecule has 1 heterocycles. The fraction of sp³-hybridized carbons (Fsp3) is 0.0833. The molecule has 0 amide bonds. The van der Waals surface area contributed by atoms with E-state index < -0.39 is 15.4 Å². The summed E-state index contributed by atoms with van der Waals surface area (Å²) in [6.45, 7) is 1.87. The molecule has 1 aromatic heterocycles. The first-order valence-electron chi connectivity index (χ1n) is 5.01. The Bertz CT molecular complexity index is 684. The third kappa shape index (κ3) is 2.14. The number of hydrogen-bond donors (Lipinski definition) is 1. The number of nitrogens with one attached hydrogen (secondary N) is 1. The van der Waals surface area contributed by atoms with Crippen molar-refractivity contribution in [3.05, 3.63) is 58.5 Å². The molecule has 0 aliphatic carbocycles. The summed E-state index contributed by atoms with van der Waals surface area (Å²) in [6, 6.07) is 9.18. The molecule has 0 saturated heterocycles. The number of H-pyrrole nitrogens is 1. The molecule has 17 heavy (non-hydrogen) atoms. The van der Waals surface area contributed by atoms with Crippen LogP contribution in [0.3, 0.4) is 0 Å². The molecule has 4 nitrogen and oxygen atoms in total. The maximum Gasteiger partial charge on any atom is 0.267 e. The van der Waals surface area contributed by atoms with Gasteiger partial charge in [-0.25, -0.2) is 8.42 Å². The molecule has 0 fully saturated rings. The van der Waals surface area contributed by atoms with Crippen molar-refractivity contribution in [1.82, 2.24) is 4.98 Å². The van der Waals surface area contributed by atoms with Crippen LogP contribution in [0.4, 0.5) is 0 Å². The summed E-state index contributed by atoms with van der Waals surface area (Å²) < 4.78 is 24.3. The van der Waals surface area contributed by atoms with Crippen molar-refractivity contribution >= 4 is 9.84 Å². The van der Waals surface area contributed by atoms with E-state index in [9.17, 15) is 13.2 Å². The molecule has 2 rings (SSSR count). The normalized spacial score (nSPS) is 11.4. The maximum absolute atomic E-state index is 12.1. The highest BCUT2D eigenvalue weighted by Crippen LogP contribution is 2.17. The Morgan fingerprint density at radius 1 is 1.06 bits per heavy atom. The summed E-state index contributed by atoms with van der Waals surface area (Å²) in [5.41, 5.74) is 0.360. The van der Waals surface area contributed by atoms with Crippen LogP contribution < -0.4 is 5.56 Å². The average molecular weight is 249 g/mol. The first-order valence-corrected chi connectivity index (χ1v) is 6.49. The minimum absolute atomic E-state index is 0.125. The maximum atomic E-state index is 12.1. The lowest BCUT2D eigenvalue weighted by Gasteiger charge is -2.03. The number of benzene rings is 1. The van der Waals surface area contributed by atoms with Crippen molar-refractivity contribution in [3.63, 3.8) is 0 Å². The molecule has 88 valence electrons. The van der Waals surface area contributed by atoms with E-state index in [1.807, 2.05) is 6.92 Å². The second-order valence-corrected chi connectivity index (χ2v) is 5.60. The van der Waals surface area contributed by atoms with Crippen LogP contribution >= 0.6 is 0 Å². The molecule has 2 aromatic rings. The van der Waals surface area contributed by atoms with Crippen molar-refractivity contribution < 1.29 is 8.42 Å².